The average molecular weight is 823 g/mol. The molecule has 0 aliphatic carbocycles. The topological polar surface area (TPSA) is 0 Å². The predicted molar refractivity (Wildman–Crippen MR) is 270 cm³/mol. The van der Waals surface area contributed by atoms with Gasteiger partial charge in [-0.3, -0.25) is 0 Å². The summed E-state index contributed by atoms with van der Waals surface area (Å²) >= 11 is 3.74. The van der Waals surface area contributed by atoms with Crippen molar-refractivity contribution < 1.29 is 0 Å². The molecule has 290 valence electrons. The molecule has 0 saturated heterocycles. The minimum absolute atomic E-state index is 1.20. The largest absolute Gasteiger partial charge is 0.135 e. The highest BCUT2D eigenvalue weighted by atomic mass is 32.1. The Bertz CT molecular complexity index is 3410. The van der Waals surface area contributed by atoms with Crippen LogP contribution in [-0.4, -0.2) is 0 Å². The summed E-state index contributed by atoms with van der Waals surface area (Å²) in [6.45, 7) is 0. The van der Waals surface area contributed by atoms with Crippen LogP contribution in [0.3, 0.4) is 0 Å². The van der Waals surface area contributed by atoms with E-state index in [1.807, 2.05) is 22.7 Å². The van der Waals surface area contributed by atoms with Gasteiger partial charge in [0.15, 0.2) is 0 Å². The maximum atomic E-state index is 2.35. The van der Waals surface area contributed by atoms with Gasteiger partial charge in [0.25, 0.3) is 0 Å². The minimum Gasteiger partial charge on any atom is -0.135 e. The van der Waals surface area contributed by atoms with Crippen LogP contribution in [0.5, 0.6) is 0 Å². The highest BCUT2D eigenvalue weighted by Gasteiger charge is 2.12. The van der Waals surface area contributed by atoms with Crippen LogP contribution < -0.4 is 0 Å². The van der Waals surface area contributed by atoms with Gasteiger partial charge < -0.3 is 0 Å². The maximum Gasteiger partial charge on any atom is 0.0361 e. The summed E-state index contributed by atoms with van der Waals surface area (Å²) in [4.78, 5) is 0. The molecule has 0 bridgehead atoms. The highest BCUT2D eigenvalue weighted by Crippen LogP contribution is 2.40. The molecule has 0 aliphatic heterocycles. The third-order valence-electron chi connectivity index (χ3n) is 12.3. The quantitative estimate of drug-likeness (QED) is 0.150. The molecule has 0 N–H and O–H groups in total. The van der Waals surface area contributed by atoms with Crippen molar-refractivity contribution >= 4 is 63.0 Å². The van der Waals surface area contributed by atoms with Crippen LogP contribution in [0.25, 0.3) is 118 Å². The van der Waals surface area contributed by atoms with E-state index in [1.165, 1.54) is 118 Å². The Morgan fingerprint density at radius 1 is 0.161 bits per heavy atom. The van der Waals surface area contributed by atoms with Gasteiger partial charge in [-0.2, -0.15) is 0 Å². The Morgan fingerprint density at radius 2 is 0.387 bits per heavy atom. The lowest BCUT2D eigenvalue weighted by atomic mass is 9.93. The van der Waals surface area contributed by atoms with E-state index in [2.05, 4.69) is 231 Å². The van der Waals surface area contributed by atoms with Crippen molar-refractivity contribution in [3.8, 4) is 77.9 Å². The van der Waals surface area contributed by atoms with Crippen molar-refractivity contribution in [1.29, 1.82) is 0 Å². The Kier molecular flexibility index (Phi) is 8.99. The summed E-state index contributed by atoms with van der Waals surface area (Å²) in [6, 6.07) is 84.9. The molecule has 0 fully saturated rings. The van der Waals surface area contributed by atoms with E-state index in [0.717, 1.165) is 0 Å². The zero-order valence-electron chi connectivity index (χ0n) is 33.8. The monoisotopic (exact) mass is 822 g/mol. The normalized spacial score (nSPS) is 11.5. The van der Waals surface area contributed by atoms with Crippen LogP contribution in [0.4, 0.5) is 0 Å². The molecule has 12 aromatic rings. The van der Waals surface area contributed by atoms with Gasteiger partial charge in [0.1, 0.15) is 0 Å². The van der Waals surface area contributed by atoms with Gasteiger partial charge in [0.2, 0.25) is 0 Å². The molecule has 12 rings (SSSR count). The van der Waals surface area contributed by atoms with Crippen LogP contribution in [0.2, 0.25) is 0 Å². The molecule has 62 heavy (non-hydrogen) atoms. The van der Waals surface area contributed by atoms with Crippen molar-refractivity contribution in [3.63, 3.8) is 0 Å². The zero-order chi connectivity index (χ0) is 41.0. The Hall–Kier alpha value is -7.36. The first kappa shape index (κ1) is 36.5. The van der Waals surface area contributed by atoms with Crippen molar-refractivity contribution in [2.45, 2.75) is 0 Å². The third-order valence-corrected chi connectivity index (χ3v) is 14.5. The summed E-state index contributed by atoms with van der Waals surface area (Å²) in [7, 11) is 0. The summed E-state index contributed by atoms with van der Waals surface area (Å²) in [5.41, 5.74) is 17.0. The predicted octanol–water partition coefficient (Wildman–Crippen LogP) is 18.1. The lowest BCUT2D eigenvalue weighted by Crippen LogP contribution is -1.86. The van der Waals surface area contributed by atoms with Crippen molar-refractivity contribution in [2.24, 2.45) is 0 Å². The maximum absolute atomic E-state index is 2.35. The van der Waals surface area contributed by atoms with E-state index < -0.39 is 0 Å². The minimum atomic E-state index is 1.20. The first-order valence-electron chi connectivity index (χ1n) is 21.1. The fourth-order valence-corrected chi connectivity index (χ4v) is 11.4. The van der Waals surface area contributed by atoms with Crippen molar-refractivity contribution in [1.82, 2.24) is 0 Å². The third kappa shape index (κ3) is 6.71. The van der Waals surface area contributed by atoms with Gasteiger partial charge in [-0.15, -0.1) is 22.7 Å². The van der Waals surface area contributed by atoms with Crippen LogP contribution >= 0.6 is 22.7 Å². The first-order chi connectivity index (χ1) is 30.7. The summed E-state index contributed by atoms with van der Waals surface area (Å²) in [6.07, 6.45) is 0. The molecule has 10 aromatic carbocycles. The SMILES string of the molecule is c1cc(-c2cccc(-c3cccc(-c4cccc(-c5ccc6c(c5)sc5ccccc56)c4)c3)c2)cc(-c2cccc(-c3cccc(-c4ccc5c(c4)sc4ccccc45)c3)c2)c1. The van der Waals surface area contributed by atoms with Gasteiger partial charge in [-0.05, 0) is 139 Å². The molecule has 2 heterocycles. The average Bonchev–Trinajstić information content (AvgIpc) is 3.92. The number of rotatable bonds is 7. The summed E-state index contributed by atoms with van der Waals surface area (Å²) in [5, 5.41) is 5.33. The molecule has 2 heteroatoms. The Labute approximate surface area is 369 Å². The number of hydrogen-bond acceptors (Lipinski definition) is 2. The van der Waals surface area contributed by atoms with Gasteiger partial charge in [-0.25, -0.2) is 0 Å². The molecule has 0 unspecified atom stereocenters. The number of benzene rings is 10. The molecule has 0 spiro atoms. The molecule has 0 atom stereocenters. The molecular weight excluding hydrogens is 785 g/mol. The van der Waals surface area contributed by atoms with E-state index in [0.29, 0.717) is 0 Å². The van der Waals surface area contributed by atoms with Crippen molar-refractivity contribution in [3.05, 3.63) is 231 Å². The Balaban J connectivity index is 0.812. The number of hydrogen-bond donors (Lipinski definition) is 0. The number of thiophene rings is 2. The smallest absolute Gasteiger partial charge is 0.0361 e. The van der Waals surface area contributed by atoms with Gasteiger partial charge in [-0.1, -0.05) is 170 Å². The van der Waals surface area contributed by atoms with Crippen LogP contribution in [0.1, 0.15) is 0 Å². The second-order valence-corrected chi connectivity index (χ2v) is 18.3. The molecule has 2 aromatic heterocycles. The molecule has 0 aliphatic rings. The van der Waals surface area contributed by atoms with E-state index in [9.17, 15) is 0 Å². The second kappa shape index (κ2) is 15.3. The molecular formula is C60H38S2. The zero-order valence-corrected chi connectivity index (χ0v) is 35.4. The van der Waals surface area contributed by atoms with E-state index in [-0.39, 0.29) is 0 Å². The van der Waals surface area contributed by atoms with Gasteiger partial charge in [0, 0.05) is 40.3 Å². The van der Waals surface area contributed by atoms with E-state index in [1.54, 1.807) is 0 Å². The van der Waals surface area contributed by atoms with Crippen molar-refractivity contribution in [2.75, 3.05) is 0 Å². The first-order valence-corrected chi connectivity index (χ1v) is 22.8. The molecule has 0 amide bonds. The van der Waals surface area contributed by atoms with Gasteiger partial charge >= 0.3 is 0 Å². The highest BCUT2D eigenvalue weighted by molar-refractivity contribution is 7.26. The second-order valence-electron chi connectivity index (χ2n) is 16.1. The lowest BCUT2D eigenvalue weighted by molar-refractivity contribution is 1.56. The lowest BCUT2D eigenvalue weighted by Gasteiger charge is -2.11. The fraction of sp³-hybridized carbons (Fsp3) is 0. The number of fused-ring (bicyclic) bond motifs is 6. The van der Waals surface area contributed by atoms with E-state index >= 15 is 0 Å². The van der Waals surface area contributed by atoms with E-state index in [4.69, 9.17) is 0 Å². The molecule has 0 saturated carbocycles. The molecule has 0 nitrogen and oxygen atoms in total. The van der Waals surface area contributed by atoms with Gasteiger partial charge in [0.05, 0.1) is 0 Å². The van der Waals surface area contributed by atoms with Crippen LogP contribution in [0.15, 0.2) is 231 Å². The van der Waals surface area contributed by atoms with Crippen LogP contribution in [-0.2, 0) is 0 Å². The molecule has 0 radical (unpaired) electrons. The Morgan fingerprint density at radius 3 is 0.661 bits per heavy atom. The fourth-order valence-electron chi connectivity index (χ4n) is 9.08. The standard InChI is InChI=1S/C60H38S2/c1-3-25-57-53(23-1)55-29-27-51(37-59(55)61-57)49-21-9-19-47(35-49)45-17-7-15-43(33-45)41-13-5-11-39(31-41)40-12-6-14-42(32-40)44-16-8-18-46(34-44)48-20-10-22-50(36-48)52-28-30-56-54-24-2-4-26-58(54)62-60(56)38-52/h1-38H. The van der Waals surface area contributed by atoms with Crippen LogP contribution in [0, 0.1) is 0 Å². The summed E-state index contributed by atoms with van der Waals surface area (Å²) < 4.78 is 5.33. The summed E-state index contributed by atoms with van der Waals surface area (Å²) in [5.74, 6) is 0.